The van der Waals surface area contributed by atoms with Crippen LogP contribution in [0.1, 0.15) is 18.1 Å². The fraction of sp³-hybridized carbons (Fsp3) is 0.176. The Morgan fingerprint density at radius 2 is 1.80 bits per heavy atom. The molecular formula is C17H14FN3O4. The molecule has 0 unspecified atom stereocenters. The summed E-state index contributed by atoms with van der Waals surface area (Å²) >= 11 is 0. The van der Waals surface area contributed by atoms with Crippen molar-refractivity contribution in [3.8, 4) is 0 Å². The van der Waals surface area contributed by atoms with Crippen molar-refractivity contribution in [3.63, 3.8) is 0 Å². The maximum Gasteiger partial charge on any atom is 0.325 e. The van der Waals surface area contributed by atoms with E-state index in [2.05, 4.69) is 5.32 Å². The number of amides is 3. The second kappa shape index (κ2) is 5.97. The standard InChI is InChI=1S/C17H14FN3O4/c1-17(12-6-8-13(9-7-12)21(24)25)15(22)20(16(23)19-17)10-11-4-2-3-5-14(11)18/h2-9H,10H2,1H3,(H,19,23)/t17-/m1/s1. The van der Waals surface area contributed by atoms with Crippen LogP contribution in [0.2, 0.25) is 0 Å². The lowest BCUT2D eigenvalue weighted by Gasteiger charge is -2.22. The van der Waals surface area contributed by atoms with E-state index in [0.29, 0.717) is 5.56 Å². The highest BCUT2D eigenvalue weighted by Gasteiger charge is 2.49. The zero-order chi connectivity index (χ0) is 18.2. The maximum atomic E-state index is 13.8. The summed E-state index contributed by atoms with van der Waals surface area (Å²) in [7, 11) is 0. The van der Waals surface area contributed by atoms with Gasteiger partial charge in [0.1, 0.15) is 11.4 Å². The number of non-ortho nitro benzene ring substituents is 1. The molecule has 3 rings (SSSR count). The minimum atomic E-state index is -1.36. The van der Waals surface area contributed by atoms with E-state index in [1.54, 1.807) is 6.07 Å². The monoisotopic (exact) mass is 343 g/mol. The summed E-state index contributed by atoms with van der Waals surface area (Å²) in [4.78, 5) is 36.1. The van der Waals surface area contributed by atoms with Crippen LogP contribution in [0.3, 0.4) is 0 Å². The lowest BCUT2D eigenvalue weighted by atomic mass is 9.92. The maximum absolute atomic E-state index is 13.8. The van der Waals surface area contributed by atoms with Gasteiger partial charge in [0.2, 0.25) is 0 Å². The van der Waals surface area contributed by atoms with Gasteiger partial charge in [-0.25, -0.2) is 9.18 Å². The second-order valence-corrected chi connectivity index (χ2v) is 5.84. The fourth-order valence-electron chi connectivity index (χ4n) is 2.75. The van der Waals surface area contributed by atoms with E-state index in [-0.39, 0.29) is 17.8 Å². The number of carbonyl (C=O) groups is 2. The summed E-state index contributed by atoms with van der Waals surface area (Å²) in [5.74, 6) is -1.05. The highest BCUT2D eigenvalue weighted by molar-refractivity contribution is 6.07. The molecule has 0 bridgehead atoms. The third kappa shape index (κ3) is 2.82. The minimum Gasteiger partial charge on any atom is -0.319 e. The number of imide groups is 1. The normalized spacial score (nSPS) is 19.8. The third-order valence-electron chi connectivity index (χ3n) is 4.22. The van der Waals surface area contributed by atoms with Gasteiger partial charge >= 0.3 is 6.03 Å². The quantitative estimate of drug-likeness (QED) is 0.525. The van der Waals surface area contributed by atoms with Crippen LogP contribution in [-0.2, 0) is 16.9 Å². The minimum absolute atomic E-state index is 0.118. The average molecular weight is 343 g/mol. The molecule has 0 spiro atoms. The first kappa shape index (κ1) is 16.6. The van der Waals surface area contributed by atoms with Crippen molar-refractivity contribution >= 4 is 17.6 Å². The molecule has 25 heavy (non-hydrogen) atoms. The summed E-state index contributed by atoms with van der Waals surface area (Å²) in [5, 5.41) is 13.3. The van der Waals surface area contributed by atoms with E-state index < -0.39 is 28.2 Å². The molecule has 2 aromatic carbocycles. The van der Waals surface area contributed by atoms with Gasteiger partial charge in [-0.05, 0) is 30.7 Å². The van der Waals surface area contributed by atoms with E-state index in [1.807, 2.05) is 0 Å². The molecule has 1 aliphatic heterocycles. The lowest BCUT2D eigenvalue weighted by Crippen LogP contribution is -2.40. The Balaban J connectivity index is 1.89. The molecule has 1 saturated heterocycles. The number of halogens is 1. The lowest BCUT2D eigenvalue weighted by molar-refractivity contribution is -0.384. The van der Waals surface area contributed by atoms with Crippen LogP contribution in [0.15, 0.2) is 48.5 Å². The van der Waals surface area contributed by atoms with E-state index in [1.165, 1.54) is 49.4 Å². The average Bonchev–Trinajstić information content (AvgIpc) is 2.81. The molecule has 1 aliphatic rings. The number of nitro groups is 1. The highest BCUT2D eigenvalue weighted by atomic mass is 19.1. The first-order valence-electron chi connectivity index (χ1n) is 7.45. The summed E-state index contributed by atoms with van der Waals surface area (Å²) in [6, 6.07) is 10.6. The Morgan fingerprint density at radius 3 is 2.40 bits per heavy atom. The molecule has 1 atom stereocenters. The van der Waals surface area contributed by atoms with Crippen LogP contribution < -0.4 is 5.32 Å². The SMILES string of the molecule is C[C@]1(c2ccc([N+](=O)[O-])cc2)NC(=O)N(Cc2ccccc2F)C1=O. The van der Waals surface area contributed by atoms with E-state index in [9.17, 15) is 24.1 Å². The molecule has 7 nitrogen and oxygen atoms in total. The van der Waals surface area contributed by atoms with E-state index >= 15 is 0 Å². The van der Waals surface area contributed by atoms with Crippen molar-refractivity contribution in [1.29, 1.82) is 0 Å². The van der Waals surface area contributed by atoms with Crippen molar-refractivity contribution in [2.24, 2.45) is 0 Å². The number of benzene rings is 2. The van der Waals surface area contributed by atoms with E-state index in [0.717, 1.165) is 4.90 Å². The molecule has 3 amide bonds. The van der Waals surface area contributed by atoms with Crippen LogP contribution >= 0.6 is 0 Å². The number of hydrogen-bond donors (Lipinski definition) is 1. The highest BCUT2D eigenvalue weighted by Crippen LogP contribution is 2.31. The first-order chi connectivity index (χ1) is 11.8. The zero-order valence-corrected chi connectivity index (χ0v) is 13.2. The van der Waals surface area contributed by atoms with E-state index in [4.69, 9.17) is 0 Å². The predicted octanol–water partition coefficient (Wildman–Crippen LogP) is 2.70. The molecule has 0 aliphatic carbocycles. The Labute approximate surface area is 142 Å². The predicted molar refractivity (Wildman–Crippen MR) is 85.9 cm³/mol. The summed E-state index contributed by atoms with van der Waals surface area (Å²) in [6.07, 6.45) is 0. The first-order valence-corrected chi connectivity index (χ1v) is 7.45. The van der Waals surface area contributed by atoms with Gasteiger partial charge in [0.05, 0.1) is 11.5 Å². The summed E-state index contributed by atoms with van der Waals surface area (Å²) in [6.45, 7) is 1.32. The largest absolute Gasteiger partial charge is 0.325 e. The van der Waals surface area contributed by atoms with Gasteiger partial charge in [0, 0.05) is 17.7 Å². The number of carbonyl (C=O) groups excluding carboxylic acids is 2. The number of hydrogen-bond acceptors (Lipinski definition) is 4. The second-order valence-electron chi connectivity index (χ2n) is 5.84. The number of rotatable bonds is 4. The molecule has 128 valence electrons. The summed E-state index contributed by atoms with van der Waals surface area (Å²) in [5.41, 5.74) is -0.851. The molecule has 8 heteroatoms. The van der Waals surface area contributed by atoms with Gasteiger partial charge < -0.3 is 5.32 Å². The van der Waals surface area contributed by atoms with Gasteiger partial charge in [-0.1, -0.05) is 18.2 Å². The topological polar surface area (TPSA) is 92.6 Å². The molecule has 0 radical (unpaired) electrons. The number of urea groups is 1. The van der Waals surface area contributed by atoms with Crippen LogP contribution in [-0.4, -0.2) is 21.8 Å². The molecule has 1 N–H and O–H groups in total. The number of nitrogens with zero attached hydrogens (tertiary/aromatic N) is 2. The van der Waals surface area contributed by atoms with Crippen molar-refractivity contribution < 1.29 is 18.9 Å². The molecular weight excluding hydrogens is 329 g/mol. The fourth-order valence-corrected chi connectivity index (χ4v) is 2.75. The van der Waals surface area contributed by atoms with Gasteiger partial charge in [-0.3, -0.25) is 19.8 Å². The third-order valence-corrected chi connectivity index (χ3v) is 4.22. The van der Waals surface area contributed by atoms with Gasteiger partial charge in [-0.2, -0.15) is 0 Å². The van der Waals surface area contributed by atoms with Crippen molar-refractivity contribution in [3.05, 3.63) is 75.6 Å². The molecule has 1 fully saturated rings. The van der Waals surface area contributed by atoms with Crippen molar-refractivity contribution in [2.75, 3.05) is 0 Å². The Morgan fingerprint density at radius 1 is 1.16 bits per heavy atom. The molecule has 0 aromatic heterocycles. The molecule has 0 saturated carbocycles. The van der Waals surface area contributed by atoms with Crippen LogP contribution in [0, 0.1) is 15.9 Å². The van der Waals surface area contributed by atoms with Gasteiger partial charge in [0.25, 0.3) is 11.6 Å². The Hall–Kier alpha value is -3.29. The van der Waals surface area contributed by atoms with Crippen LogP contribution in [0.4, 0.5) is 14.9 Å². The summed E-state index contributed by atoms with van der Waals surface area (Å²) < 4.78 is 13.8. The number of nitro benzene ring substituents is 1. The van der Waals surface area contributed by atoms with Crippen molar-refractivity contribution in [2.45, 2.75) is 19.0 Å². The van der Waals surface area contributed by atoms with Crippen LogP contribution in [0.5, 0.6) is 0 Å². The Kier molecular flexibility index (Phi) is 3.96. The van der Waals surface area contributed by atoms with Gasteiger partial charge in [0.15, 0.2) is 0 Å². The molecule has 2 aromatic rings. The van der Waals surface area contributed by atoms with Gasteiger partial charge in [-0.15, -0.1) is 0 Å². The smallest absolute Gasteiger partial charge is 0.319 e. The van der Waals surface area contributed by atoms with Crippen molar-refractivity contribution in [1.82, 2.24) is 10.2 Å². The molecule has 1 heterocycles. The van der Waals surface area contributed by atoms with Crippen LogP contribution in [0.25, 0.3) is 0 Å². The zero-order valence-electron chi connectivity index (χ0n) is 13.2. The number of nitrogens with one attached hydrogen (secondary N) is 1. The Bertz CT molecular complexity index is 868.